The highest BCUT2D eigenvalue weighted by atomic mass is 19.1. The van der Waals surface area contributed by atoms with E-state index in [1.54, 1.807) is 18.2 Å². The van der Waals surface area contributed by atoms with Crippen LogP contribution in [0.5, 0.6) is 5.75 Å². The third-order valence-electron chi connectivity index (χ3n) is 6.37. The number of halogens is 3. The summed E-state index contributed by atoms with van der Waals surface area (Å²) in [5.41, 5.74) is 2.69. The lowest BCUT2D eigenvalue weighted by molar-refractivity contribution is 0.314. The Hall–Kier alpha value is -3.72. The zero-order valence-electron chi connectivity index (χ0n) is 20.2. The summed E-state index contributed by atoms with van der Waals surface area (Å²) in [4.78, 5) is 7.97. The summed E-state index contributed by atoms with van der Waals surface area (Å²) in [5.74, 6) is -1.12. The van der Waals surface area contributed by atoms with E-state index in [0.717, 1.165) is 32.4 Å². The number of hydrogen-bond acceptors (Lipinski definition) is 6. The van der Waals surface area contributed by atoms with Gasteiger partial charge in [-0.05, 0) is 55.8 Å². The van der Waals surface area contributed by atoms with Gasteiger partial charge in [-0.1, -0.05) is 6.58 Å². The SMILES string of the molecule is C=C1COc2c(F)cc(-c3cc(Nc4ccc(N5CCNCC5)c(F)c4)ncc3F)cc2N1C(C)C. The number of hydrogen-bond donors (Lipinski definition) is 2. The topological polar surface area (TPSA) is 52.7 Å². The van der Waals surface area contributed by atoms with Crippen molar-refractivity contribution >= 4 is 22.9 Å². The zero-order chi connectivity index (χ0) is 25.4. The first-order valence-corrected chi connectivity index (χ1v) is 11.9. The highest BCUT2D eigenvalue weighted by Crippen LogP contribution is 2.42. The highest BCUT2D eigenvalue weighted by molar-refractivity contribution is 5.77. The molecule has 0 spiro atoms. The van der Waals surface area contributed by atoms with Crippen molar-refractivity contribution in [3.8, 4) is 16.9 Å². The number of benzene rings is 2. The van der Waals surface area contributed by atoms with E-state index in [0.29, 0.717) is 34.1 Å². The molecule has 0 unspecified atom stereocenters. The molecule has 36 heavy (non-hydrogen) atoms. The van der Waals surface area contributed by atoms with E-state index in [-0.39, 0.29) is 29.8 Å². The average Bonchev–Trinajstić information content (AvgIpc) is 2.85. The molecule has 5 rings (SSSR count). The first kappa shape index (κ1) is 24.0. The van der Waals surface area contributed by atoms with Gasteiger partial charge in [-0.3, -0.25) is 0 Å². The van der Waals surface area contributed by atoms with Crippen molar-refractivity contribution in [2.45, 2.75) is 19.9 Å². The highest BCUT2D eigenvalue weighted by Gasteiger charge is 2.27. The lowest BCUT2D eigenvalue weighted by Crippen LogP contribution is -2.43. The maximum atomic E-state index is 15.0. The molecule has 2 aliphatic heterocycles. The molecule has 6 nitrogen and oxygen atoms in total. The molecule has 0 atom stereocenters. The number of nitrogens with zero attached hydrogens (tertiary/aromatic N) is 3. The summed E-state index contributed by atoms with van der Waals surface area (Å²) >= 11 is 0. The number of piperazine rings is 1. The van der Waals surface area contributed by atoms with E-state index in [1.807, 2.05) is 23.6 Å². The van der Waals surface area contributed by atoms with Crippen LogP contribution >= 0.6 is 0 Å². The Morgan fingerprint density at radius 3 is 2.50 bits per heavy atom. The van der Waals surface area contributed by atoms with Gasteiger partial charge < -0.3 is 25.2 Å². The standard InChI is InChI=1S/C27H28F3N5O/c1-16(2)35-17(3)15-36-27-22(29)10-18(11-25(27)35)20-13-26(32-14-23(20)30)33-19-4-5-24(21(28)12-19)34-8-6-31-7-9-34/h4-5,10-14,16,31H,3,6-9,15H2,1-2H3,(H,32,33). The third kappa shape index (κ3) is 4.58. The van der Waals surface area contributed by atoms with E-state index in [2.05, 4.69) is 22.2 Å². The largest absolute Gasteiger partial charge is 0.482 e. The monoisotopic (exact) mass is 495 g/mol. The van der Waals surface area contributed by atoms with Crippen LogP contribution in [0.25, 0.3) is 11.1 Å². The lowest BCUT2D eigenvalue weighted by Gasteiger charge is -2.36. The Morgan fingerprint density at radius 1 is 1.00 bits per heavy atom. The molecule has 1 fully saturated rings. The molecule has 3 aromatic rings. The van der Waals surface area contributed by atoms with Gasteiger partial charge in [0, 0.05) is 49.2 Å². The minimum absolute atomic E-state index is 0.00776. The Bertz CT molecular complexity index is 1310. The molecule has 3 heterocycles. The molecule has 2 aromatic carbocycles. The van der Waals surface area contributed by atoms with Crippen molar-refractivity contribution in [3.63, 3.8) is 0 Å². The Balaban J connectivity index is 1.45. The normalized spacial score (nSPS) is 15.7. The predicted molar refractivity (Wildman–Crippen MR) is 137 cm³/mol. The fourth-order valence-corrected chi connectivity index (χ4v) is 4.72. The number of nitrogens with one attached hydrogen (secondary N) is 2. The minimum atomic E-state index is -0.605. The van der Waals surface area contributed by atoms with Crippen molar-refractivity contribution in [2.24, 2.45) is 0 Å². The second-order valence-electron chi connectivity index (χ2n) is 9.20. The fraction of sp³-hybridized carbons (Fsp3) is 0.296. The van der Waals surface area contributed by atoms with Gasteiger partial charge in [-0.25, -0.2) is 18.2 Å². The Kier molecular flexibility index (Phi) is 6.49. The van der Waals surface area contributed by atoms with Crippen LogP contribution in [0.4, 0.5) is 36.1 Å². The van der Waals surface area contributed by atoms with Crippen LogP contribution in [0.1, 0.15) is 13.8 Å². The summed E-state index contributed by atoms with van der Waals surface area (Å²) in [6, 6.07) is 9.30. The molecule has 2 aliphatic rings. The summed E-state index contributed by atoms with van der Waals surface area (Å²) in [6.45, 7) is 11.2. The Labute approximate surface area is 208 Å². The van der Waals surface area contributed by atoms with E-state index in [9.17, 15) is 8.78 Å². The molecule has 0 aliphatic carbocycles. The molecule has 0 radical (unpaired) electrons. The molecule has 0 amide bonds. The van der Waals surface area contributed by atoms with Gasteiger partial charge in [0.05, 0.1) is 17.6 Å². The second-order valence-corrected chi connectivity index (χ2v) is 9.20. The van der Waals surface area contributed by atoms with Gasteiger partial charge in [0.25, 0.3) is 0 Å². The summed E-state index contributed by atoms with van der Waals surface area (Å²) in [7, 11) is 0. The predicted octanol–water partition coefficient (Wildman–Crippen LogP) is 5.44. The van der Waals surface area contributed by atoms with Gasteiger partial charge in [0.15, 0.2) is 11.6 Å². The quantitative estimate of drug-likeness (QED) is 0.492. The summed E-state index contributed by atoms with van der Waals surface area (Å²) in [6.07, 6.45) is 1.07. The number of pyridine rings is 1. The molecule has 0 saturated carbocycles. The summed E-state index contributed by atoms with van der Waals surface area (Å²) < 4.78 is 50.3. The molecular formula is C27H28F3N5O. The van der Waals surface area contributed by atoms with Crippen LogP contribution in [-0.4, -0.2) is 43.8 Å². The van der Waals surface area contributed by atoms with E-state index in [1.165, 1.54) is 18.2 Å². The molecule has 2 N–H and O–H groups in total. The van der Waals surface area contributed by atoms with Crippen LogP contribution in [0.15, 0.2) is 54.9 Å². The van der Waals surface area contributed by atoms with Crippen molar-refractivity contribution in [2.75, 3.05) is 47.9 Å². The maximum absolute atomic E-state index is 15.0. The van der Waals surface area contributed by atoms with Gasteiger partial charge >= 0.3 is 0 Å². The molecule has 1 saturated heterocycles. The first-order chi connectivity index (χ1) is 17.3. The maximum Gasteiger partial charge on any atom is 0.179 e. The van der Waals surface area contributed by atoms with Crippen LogP contribution in [0.2, 0.25) is 0 Å². The number of anilines is 4. The zero-order valence-corrected chi connectivity index (χ0v) is 20.2. The van der Waals surface area contributed by atoms with Gasteiger partial charge in [0.2, 0.25) is 0 Å². The molecule has 9 heteroatoms. The lowest BCUT2D eigenvalue weighted by atomic mass is 10.0. The van der Waals surface area contributed by atoms with Crippen molar-refractivity contribution in [3.05, 3.63) is 72.3 Å². The molecule has 1 aromatic heterocycles. The molecular weight excluding hydrogens is 467 g/mol. The van der Waals surface area contributed by atoms with Crippen LogP contribution < -0.4 is 25.2 Å². The number of ether oxygens (including phenoxy) is 1. The Morgan fingerprint density at radius 2 is 1.78 bits per heavy atom. The third-order valence-corrected chi connectivity index (χ3v) is 6.37. The van der Waals surface area contributed by atoms with Crippen molar-refractivity contribution in [1.29, 1.82) is 0 Å². The second kappa shape index (κ2) is 9.73. The number of rotatable bonds is 5. The van der Waals surface area contributed by atoms with Crippen LogP contribution in [0, 0.1) is 17.5 Å². The average molecular weight is 496 g/mol. The summed E-state index contributed by atoms with van der Waals surface area (Å²) in [5, 5.41) is 6.28. The minimum Gasteiger partial charge on any atom is -0.482 e. The van der Waals surface area contributed by atoms with Crippen molar-refractivity contribution in [1.82, 2.24) is 10.3 Å². The number of aromatic nitrogens is 1. The number of fused-ring (bicyclic) bond motifs is 1. The first-order valence-electron chi connectivity index (χ1n) is 11.9. The van der Waals surface area contributed by atoms with E-state index < -0.39 is 11.6 Å². The fourth-order valence-electron chi connectivity index (χ4n) is 4.72. The van der Waals surface area contributed by atoms with Gasteiger partial charge in [-0.15, -0.1) is 0 Å². The van der Waals surface area contributed by atoms with Crippen LogP contribution in [-0.2, 0) is 0 Å². The van der Waals surface area contributed by atoms with Gasteiger partial charge in [0.1, 0.15) is 24.1 Å². The van der Waals surface area contributed by atoms with Crippen molar-refractivity contribution < 1.29 is 17.9 Å². The van der Waals surface area contributed by atoms with E-state index >= 15 is 4.39 Å². The molecule has 188 valence electrons. The molecule has 0 bridgehead atoms. The van der Waals surface area contributed by atoms with Gasteiger partial charge in [-0.2, -0.15) is 0 Å². The van der Waals surface area contributed by atoms with E-state index in [4.69, 9.17) is 4.74 Å². The van der Waals surface area contributed by atoms with Crippen LogP contribution in [0.3, 0.4) is 0 Å². The smallest absolute Gasteiger partial charge is 0.179 e.